The molecule has 0 spiro atoms. The molecule has 0 heterocycles. The minimum atomic E-state index is -1.97. The van der Waals surface area contributed by atoms with E-state index in [9.17, 15) is 4.79 Å². The van der Waals surface area contributed by atoms with E-state index < -0.39 is 16.6 Å². The molecule has 0 aromatic heterocycles. The van der Waals surface area contributed by atoms with Crippen molar-refractivity contribution in [3.05, 3.63) is 35.5 Å². The van der Waals surface area contributed by atoms with Gasteiger partial charge in [0, 0.05) is 12.3 Å². The van der Waals surface area contributed by atoms with Gasteiger partial charge in [0.1, 0.15) is 6.29 Å². The number of carbonyl (C=O) groups excluding carboxylic acids is 1. The molecule has 39 heavy (non-hydrogen) atoms. The molecular formula is C34H60O3Si2. The molecule has 3 aliphatic carbocycles. The predicted octanol–water partition coefficient (Wildman–Crippen LogP) is 10.0. The van der Waals surface area contributed by atoms with Crippen LogP contribution in [0.25, 0.3) is 0 Å². The first-order chi connectivity index (χ1) is 17.7. The molecule has 3 aliphatic rings. The third-order valence-corrected chi connectivity index (χ3v) is 20.6. The zero-order valence-corrected chi connectivity index (χ0v) is 29.5. The lowest BCUT2D eigenvalue weighted by atomic mass is 9.61. The first-order valence-electron chi connectivity index (χ1n) is 15.6. The Morgan fingerprint density at radius 2 is 1.56 bits per heavy atom. The van der Waals surface area contributed by atoms with Crippen LogP contribution in [0, 0.1) is 23.2 Å². The predicted molar refractivity (Wildman–Crippen MR) is 172 cm³/mol. The molecule has 222 valence electrons. The standard InChI is InChI=1S/C34H60O3Si2/c1-24(23-35)29-18-19-30-26(15-14-20-34(29,30)9)16-17-27-21-28(36-38(10,11)32(3,4)5)22-31(25(27)2)37-39(12,13)33(6,7)8/h16-17,23-24,28-31H,2,14-15,18-22H2,1,3-13H3/t24?,28?,29?,30?,31?,34-/m1/s1. The van der Waals surface area contributed by atoms with Gasteiger partial charge >= 0.3 is 0 Å². The summed E-state index contributed by atoms with van der Waals surface area (Å²) < 4.78 is 14.0. The quantitative estimate of drug-likeness (QED) is 0.225. The molecule has 3 nitrogen and oxygen atoms in total. The second-order valence-corrected chi connectivity index (χ2v) is 25.9. The van der Waals surface area contributed by atoms with Gasteiger partial charge in [0.05, 0.1) is 12.2 Å². The van der Waals surface area contributed by atoms with Gasteiger partial charge in [0.15, 0.2) is 16.6 Å². The van der Waals surface area contributed by atoms with E-state index in [4.69, 9.17) is 8.85 Å². The molecule has 3 saturated carbocycles. The maximum absolute atomic E-state index is 11.7. The van der Waals surface area contributed by atoms with Crippen molar-refractivity contribution in [1.29, 1.82) is 0 Å². The van der Waals surface area contributed by atoms with E-state index in [0.29, 0.717) is 11.8 Å². The van der Waals surface area contributed by atoms with E-state index in [2.05, 4.69) is 100 Å². The highest BCUT2D eigenvalue weighted by molar-refractivity contribution is 6.74. The molecule has 0 aromatic carbocycles. The number of hydrogen-bond acceptors (Lipinski definition) is 3. The van der Waals surface area contributed by atoms with Crippen molar-refractivity contribution in [2.24, 2.45) is 23.2 Å². The number of rotatable bonds is 7. The molecule has 0 aromatic rings. The molecule has 5 unspecified atom stereocenters. The monoisotopic (exact) mass is 572 g/mol. The van der Waals surface area contributed by atoms with Gasteiger partial charge in [-0.1, -0.05) is 79.7 Å². The lowest BCUT2D eigenvalue weighted by Crippen LogP contribution is -2.49. The van der Waals surface area contributed by atoms with E-state index in [1.54, 1.807) is 5.57 Å². The normalized spacial score (nSPS) is 33.9. The molecule has 5 heteroatoms. The Balaban J connectivity index is 1.93. The summed E-state index contributed by atoms with van der Waals surface area (Å²) >= 11 is 0. The van der Waals surface area contributed by atoms with E-state index in [-0.39, 0.29) is 33.6 Å². The summed E-state index contributed by atoms with van der Waals surface area (Å²) in [5.74, 6) is 1.24. The number of aldehydes is 1. The van der Waals surface area contributed by atoms with Gasteiger partial charge in [-0.25, -0.2) is 0 Å². The summed E-state index contributed by atoms with van der Waals surface area (Å²) in [6, 6.07) is 0. The average molecular weight is 573 g/mol. The van der Waals surface area contributed by atoms with Gasteiger partial charge in [0.25, 0.3) is 0 Å². The molecule has 0 saturated heterocycles. The Bertz CT molecular complexity index is 977. The Hall–Kier alpha value is -0.756. The second-order valence-electron chi connectivity index (χ2n) is 16.4. The average Bonchev–Trinajstić information content (AvgIpc) is 3.15. The highest BCUT2D eigenvalue weighted by atomic mass is 28.4. The summed E-state index contributed by atoms with van der Waals surface area (Å²) in [6.45, 7) is 32.6. The van der Waals surface area contributed by atoms with E-state index in [0.717, 1.165) is 18.4 Å². The smallest absolute Gasteiger partial charge is 0.192 e. The maximum atomic E-state index is 11.7. The zero-order chi connectivity index (χ0) is 29.6. The summed E-state index contributed by atoms with van der Waals surface area (Å²) in [5, 5.41) is 0.323. The minimum Gasteiger partial charge on any atom is -0.413 e. The highest BCUT2D eigenvalue weighted by Gasteiger charge is 2.51. The van der Waals surface area contributed by atoms with Crippen molar-refractivity contribution in [1.82, 2.24) is 0 Å². The zero-order valence-electron chi connectivity index (χ0n) is 27.5. The Kier molecular flexibility index (Phi) is 9.65. The molecule has 0 N–H and O–H groups in total. The molecule has 3 fully saturated rings. The summed E-state index contributed by atoms with van der Waals surface area (Å²) in [7, 11) is -3.89. The van der Waals surface area contributed by atoms with Gasteiger partial charge in [-0.05, 0) is 103 Å². The lowest BCUT2D eigenvalue weighted by molar-refractivity contribution is -0.113. The van der Waals surface area contributed by atoms with Crippen LogP contribution < -0.4 is 0 Å². The summed E-state index contributed by atoms with van der Waals surface area (Å²) in [6.07, 6.45) is 14.0. The van der Waals surface area contributed by atoms with Crippen LogP contribution in [0.3, 0.4) is 0 Å². The molecule has 0 aliphatic heterocycles. The first kappa shape index (κ1) is 32.8. The van der Waals surface area contributed by atoms with Crippen LogP contribution >= 0.6 is 0 Å². The SMILES string of the molecule is C=C1C(=CC=C2CCC[C@@]3(C)C2CCC3C(C)C=O)CC(O[Si](C)(C)C(C)(C)C)CC1O[Si](C)(C)C(C)(C)C. The van der Waals surface area contributed by atoms with Crippen LogP contribution in [0.1, 0.15) is 100 Å². The molecule has 3 rings (SSSR count). The van der Waals surface area contributed by atoms with Crippen molar-refractivity contribution >= 4 is 22.9 Å². The van der Waals surface area contributed by atoms with Gasteiger partial charge in [-0.3, -0.25) is 0 Å². The van der Waals surface area contributed by atoms with Crippen molar-refractivity contribution in [2.75, 3.05) is 0 Å². The summed E-state index contributed by atoms with van der Waals surface area (Å²) in [4.78, 5) is 11.7. The van der Waals surface area contributed by atoms with Crippen molar-refractivity contribution < 1.29 is 13.6 Å². The Morgan fingerprint density at radius 3 is 2.13 bits per heavy atom. The summed E-state index contributed by atoms with van der Waals surface area (Å²) in [5.41, 5.74) is 4.29. The second kappa shape index (κ2) is 11.5. The first-order valence-corrected chi connectivity index (χ1v) is 21.4. The number of hydrogen-bond donors (Lipinski definition) is 0. The third kappa shape index (κ3) is 6.84. The van der Waals surface area contributed by atoms with Crippen molar-refractivity contribution in [3.8, 4) is 0 Å². The largest absolute Gasteiger partial charge is 0.413 e. The van der Waals surface area contributed by atoms with Crippen LogP contribution in [0.2, 0.25) is 36.3 Å². The van der Waals surface area contributed by atoms with E-state index >= 15 is 0 Å². The highest BCUT2D eigenvalue weighted by Crippen LogP contribution is 2.59. The Labute approximate surface area is 243 Å². The fourth-order valence-corrected chi connectivity index (χ4v) is 9.67. The van der Waals surface area contributed by atoms with Crippen LogP contribution in [-0.2, 0) is 13.6 Å². The van der Waals surface area contributed by atoms with E-state index in [1.807, 2.05) is 0 Å². The lowest BCUT2D eigenvalue weighted by Gasteiger charge is -2.45. The van der Waals surface area contributed by atoms with Gasteiger partial charge < -0.3 is 13.6 Å². The fourth-order valence-electron chi connectivity index (χ4n) is 7.00. The van der Waals surface area contributed by atoms with Gasteiger partial charge in [-0.15, -0.1) is 0 Å². The van der Waals surface area contributed by atoms with Crippen LogP contribution in [0.4, 0.5) is 0 Å². The van der Waals surface area contributed by atoms with Gasteiger partial charge in [-0.2, -0.15) is 0 Å². The van der Waals surface area contributed by atoms with Crippen molar-refractivity contribution in [2.45, 2.75) is 149 Å². The molecule has 6 atom stereocenters. The fraction of sp³-hybridized carbons (Fsp3) is 0.794. The third-order valence-electron chi connectivity index (χ3n) is 11.6. The van der Waals surface area contributed by atoms with Gasteiger partial charge in [0.2, 0.25) is 0 Å². The van der Waals surface area contributed by atoms with Crippen LogP contribution in [0.15, 0.2) is 35.5 Å². The Morgan fingerprint density at radius 1 is 0.974 bits per heavy atom. The maximum Gasteiger partial charge on any atom is 0.192 e. The molecule has 0 bridgehead atoms. The molecular weight excluding hydrogens is 513 g/mol. The topological polar surface area (TPSA) is 35.5 Å². The van der Waals surface area contributed by atoms with Crippen molar-refractivity contribution in [3.63, 3.8) is 0 Å². The molecule has 0 radical (unpaired) electrons. The molecule has 0 amide bonds. The minimum absolute atomic E-state index is 0.0139. The van der Waals surface area contributed by atoms with Crippen LogP contribution in [0.5, 0.6) is 0 Å². The number of allylic oxidation sites excluding steroid dienone is 3. The van der Waals surface area contributed by atoms with E-state index in [1.165, 1.54) is 44.0 Å². The number of fused-ring (bicyclic) bond motifs is 1. The van der Waals surface area contributed by atoms with Crippen LogP contribution in [-0.4, -0.2) is 35.1 Å². The number of carbonyl (C=O) groups is 1.